The molecule has 4 rings (SSSR count). The Kier molecular flexibility index (Phi) is 7.02. The zero-order valence-electron chi connectivity index (χ0n) is 19.1. The maximum Gasteiger partial charge on any atom is 0.278 e. The number of nitrogens with one attached hydrogen (secondary N) is 1. The van der Waals surface area contributed by atoms with Gasteiger partial charge in [-0.2, -0.15) is 4.68 Å². The molecule has 184 valence electrons. The number of nitrogens with zero attached hydrogens (tertiary/aromatic N) is 4. The smallest absolute Gasteiger partial charge is 0.278 e. The lowest BCUT2D eigenvalue weighted by atomic mass is 10.0. The maximum atomic E-state index is 14.1. The first kappa shape index (κ1) is 24.6. The molecule has 3 aromatic rings. The van der Waals surface area contributed by atoms with E-state index in [0.29, 0.717) is 41.8 Å². The van der Waals surface area contributed by atoms with Gasteiger partial charge in [0.1, 0.15) is 23.0 Å². The lowest BCUT2D eigenvalue weighted by Gasteiger charge is -2.30. The van der Waals surface area contributed by atoms with Gasteiger partial charge < -0.3 is 15.2 Å². The molecule has 0 saturated heterocycles. The van der Waals surface area contributed by atoms with Crippen LogP contribution in [0.5, 0.6) is 0 Å². The molecule has 0 bridgehead atoms. The third-order valence-electron chi connectivity index (χ3n) is 5.73. The van der Waals surface area contributed by atoms with Gasteiger partial charge in [-0.15, -0.1) is 0 Å². The van der Waals surface area contributed by atoms with Crippen LogP contribution in [0.4, 0.5) is 19.1 Å². The van der Waals surface area contributed by atoms with Crippen molar-refractivity contribution in [3.63, 3.8) is 0 Å². The Morgan fingerprint density at radius 2 is 1.80 bits per heavy atom. The van der Waals surface area contributed by atoms with Gasteiger partial charge in [0.25, 0.3) is 11.5 Å². The van der Waals surface area contributed by atoms with E-state index >= 15 is 0 Å². The average Bonchev–Trinajstić information content (AvgIpc) is 2.79. The number of benzene rings is 2. The number of rotatable bonds is 6. The number of carbonyl (C=O) groups is 1. The molecular formula is C24H23ClF3N5O2. The maximum absolute atomic E-state index is 14.1. The van der Waals surface area contributed by atoms with Crippen LogP contribution in [0.3, 0.4) is 0 Å². The Balaban J connectivity index is 1.58. The minimum Gasteiger partial charge on any atom is -0.354 e. The lowest BCUT2D eigenvalue weighted by molar-refractivity contribution is 0.0722. The zero-order chi connectivity index (χ0) is 25.3. The van der Waals surface area contributed by atoms with E-state index < -0.39 is 34.5 Å². The Labute approximate surface area is 204 Å². The fourth-order valence-electron chi connectivity index (χ4n) is 4.00. The summed E-state index contributed by atoms with van der Waals surface area (Å²) in [6.07, 6.45) is 0.898. The third kappa shape index (κ3) is 5.12. The normalized spacial score (nSPS) is 12.9. The predicted octanol–water partition coefficient (Wildman–Crippen LogP) is 3.36. The summed E-state index contributed by atoms with van der Waals surface area (Å²) in [7, 11) is 3.35. The van der Waals surface area contributed by atoms with Crippen molar-refractivity contribution in [3.8, 4) is 0 Å². The molecule has 0 spiro atoms. The largest absolute Gasteiger partial charge is 0.354 e. The molecule has 1 N–H and O–H groups in total. The van der Waals surface area contributed by atoms with Gasteiger partial charge in [0.15, 0.2) is 0 Å². The summed E-state index contributed by atoms with van der Waals surface area (Å²) in [6.45, 7) is 0.439. The molecule has 7 nitrogen and oxygen atoms in total. The second-order valence-corrected chi connectivity index (χ2v) is 8.79. The molecule has 2 aromatic carbocycles. The topological polar surface area (TPSA) is 70.5 Å². The van der Waals surface area contributed by atoms with Crippen molar-refractivity contribution in [1.29, 1.82) is 0 Å². The van der Waals surface area contributed by atoms with Gasteiger partial charge in [-0.25, -0.2) is 18.2 Å². The summed E-state index contributed by atoms with van der Waals surface area (Å²) < 4.78 is 42.9. The van der Waals surface area contributed by atoms with Crippen LogP contribution in [-0.2, 0) is 19.4 Å². The Hall–Kier alpha value is -3.53. The molecule has 1 aliphatic rings. The van der Waals surface area contributed by atoms with Crippen molar-refractivity contribution in [1.82, 2.24) is 14.6 Å². The molecule has 1 amide bonds. The van der Waals surface area contributed by atoms with Gasteiger partial charge in [-0.1, -0.05) is 23.7 Å². The van der Waals surface area contributed by atoms with E-state index in [1.807, 2.05) is 12.1 Å². The molecule has 0 radical (unpaired) electrons. The molecule has 1 aliphatic heterocycles. The molecule has 35 heavy (non-hydrogen) atoms. The number of halogens is 4. The van der Waals surface area contributed by atoms with Crippen LogP contribution < -0.4 is 15.9 Å². The van der Waals surface area contributed by atoms with Crippen LogP contribution in [0.25, 0.3) is 0 Å². The minimum atomic E-state index is -1.29. The monoisotopic (exact) mass is 505 g/mol. The first-order valence-corrected chi connectivity index (χ1v) is 11.3. The number of hydrogen-bond donors (Lipinski definition) is 1. The van der Waals surface area contributed by atoms with Crippen molar-refractivity contribution < 1.29 is 18.0 Å². The van der Waals surface area contributed by atoms with Gasteiger partial charge in [0.05, 0.1) is 17.8 Å². The number of amides is 1. The first-order valence-electron chi connectivity index (χ1n) is 10.9. The molecule has 0 saturated carbocycles. The molecule has 2 heterocycles. The van der Waals surface area contributed by atoms with Gasteiger partial charge in [0.2, 0.25) is 5.95 Å². The van der Waals surface area contributed by atoms with E-state index in [2.05, 4.69) is 10.3 Å². The second kappa shape index (κ2) is 9.99. The van der Waals surface area contributed by atoms with Crippen molar-refractivity contribution in [2.75, 3.05) is 37.5 Å². The summed E-state index contributed by atoms with van der Waals surface area (Å²) in [6, 6.07) is 8.36. The highest BCUT2D eigenvalue weighted by atomic mass is 35.5. The van der Waals surface area contributed by atoms with Gasteiger partial charge >= 0.3 is 0 Å². The van der Waals surface area contributed by atoms with Crippen molar-refractivity contribution in [2.45, 2.75) is 19.4 Å². The lowest BCUT2D eigenvalue weighted by Crippen LogP contribution is -2.45. The minimum absolute atomic E-state index is 0.102. The number of fused-ring (bicyclic) bond motifs is 1. The first-order chi connectivity index (χ1) is 16.7. The van der Waals surface area contributed by atoms with Gasteiger partial charge in [0, 0.05) is 50.8 Å². The molecule has 0 atom stereocenters. The SMILES string of the molecule is CN(C)n1c(NCCc2ccc(Cl)cc2)nc2c(c1=O)CN(C(=O)c1c(F)cc(F)cc1F)CC2. The highest BCUT2D eigenvalue weighted by Gasteiger charge is 2.30. The molecule has 1 aromatic heterocycles. The molecule has 0 aliphatic carbocycles. The standard InChI is InChI=1S/C24H23ClF3N5O2/c1-31(2)33-22(34)17-13-32(23(35)21-18(27)11-16(26)12-19(21)28)10-8-20(17)30-24(33)29-9-7-14-3-5-15(25)6-4-14/h3-6,11-12H,7-10,13H2,1-2H3,(H,29,30). The number of hydrogen-bond acceptors (Lipinski definition) is 5. The summed E-state index contributed by atoms with van der Waals surface area (Å²) in [4.78, 5) is 31.9. The van der Waals surface area contributed by atoms with Crippen LogP contribution >= 0.6 is 11.6 Å². The fourth-order valence-corrected chi connectivity index (χ4v) is 4.13. The van der Waals surface area contributed by atoms with Gasteiger partial charge in [-0.05, 0) is 24.1 Å². The molecule has 11 heteroatoms. The summed E-state index contributed by atoms with van der Waals surface area (Å²) in [5.41, 5.74) is 0.575. The van der Waals surface area contributed by atoms with Crippen LogP contribution in [-0.4, -0.2) is 47.7 Å². The Bertz CT molecular complexity index is 1300. The zero-order valence-corrected chi connectivity index (χ0v) is 19.9. The Morgan fingerprint density at radius 3 is 2.43 bits per heavy atom. The fraction of sp³-hybridized carbons (Fsp3) is 0.292. The second-order valence-electron chi connectivity index (χ2n) is 8.35. The number of aromatic nitrogens is 2. The van der Waals surface area contributed by atoms with Crippen molar-refractivity contribution in [2.24, 2.45) is 0 Å². The quantitative estimate of drug-likeness (QED) is 0.556. The van der Waals surface area contributed by atoms with Crippen LogP contribution in [0.15, 0.2) is 41.2 Å². The summed E-state index contributed by atoms with van der Waals surface area (Å²) in [5, 5.41) is 5.40. The van der Waals surface area contributed by atoms with Crippen LogP contribution in [0, 0.1) is 17.5 Å². The summed E-state index contributed by atoms with van der Waals surface area (Å²) in [5.74, 6) is -4.30. The van der Waals surface area contributed by atoms with E-state index in [4.69, 9.17) is 11.6 Å². The van der Waals surface area contributed by atoms with E-state index in [1.165, 1.54) is 9.58 Å². The highest BCUT2D eigenvalue weighted by molar-refractivity contribution is 6.30. The molecule has 0 unspecified atom stereocenters. The highest BCUT2D eigenvalue weighted by Crippen LogP contribution is 2.22. The van der Waals surface area contributed by atoms with Crippen LogP contribution in [0.2, 0.25) is 5.02 Å². The molecule has 0 fully saturated rings. The van der Waals surface area contributed by atoms with Crippen molar-refractivity contribution >= 4 is 23.5 Å². The molecular weight excluding hydrogens is 483 g/mol. The number of anilines is 1. The van der Waals surface area contributed by atoms with E-state index in [1.54, 1.807) is 31.2 Å². The number of carbonyl (C=O) groups excluding carboxylic acids is 1. The predicted molar refractivity (Wildman–Crippen MR) is 127 cm³/mol. The summed E-state index contributed by atoms with van der Waals surface area (Å²) >= 11 is 5.92. The van der Waals surface area contributed by atoms with E-state index in [9.17, 15) is 22.8 Å². The van der Waals surface area contributed by atoms with Gasteiger partial charge in [-0.3, -0.25) is 9.59 Å². The van der Waals surface area contributed by atoms with Crippen molar-refractivity contribution in [3.05, 3.63) is 91.6 Å². The Morgan fingerprint density at radius 1 is 1.14 bits per heavy atom. The third-order valence-corrected chi connectivity index (χ3v) is 5.98. The van der Waals surface area contributed by atoms with E-state index in [0.717, 1.165) is 5.56 Å². The average molecular weight is 506 g/mol. The van der Waals surface area contributed by atoms with E-state index in [-0.39, 0.29) is 25.1 Å². The van der Waals surface area contributed by atoms with Crippen LogP contribution in [0.1, 0.15) is 27.2 Å².